The van der Waals surface area contributed by atoms with E-state index in [2.05, 4.69) is 13.8 Å². The molecule has 3 unspecified atom stereocenters. The van der Waals surface area contributed by atoms with Gasteiger partial charge in [0, 0.05) is 17.7 Å². The Hall–Kier alpha value is 0.270. The number of rotatable bonds is 0. The van der Waals surface area contributed by atoms with Crippen LogP contribution in [0.3, 0.4) is 0 Å². The molecule has 0 aromatic rings. The van der Waals surface area contributed by atoms with Crippen LogP contribution in [-0.2, 0) is 4.74 Å². The van der Waals surface area contributed by atoms with Crippen molar-refractivity contribution in [1.82, 2.24) is 0 Å². The van der Waals surface area contributed by atoms with E-state index in [1.165, 1.54) is 17.9 Å². The minimum Gasteiger partial charge on any atom is -0.372 e. The molecular formula is C10H19NOS. The summed E-state index contributed by atoms with van der Waals surface area (Å²) in [7, 11) is 0. The van der Waals surface area contributed by atoms with E-state index in [9.17, 15) is 0 Å². The Morgan fingerprint density at radius 3 is 3.00 bits per heavy atom. The molecule has 13 heavy (non-hydrogen) atoms. The molecule has 2 saturated heterocycles. The van der Waals surface area contributed by atoms with Crippen molar-refractivity contribution in [2.24, 2.45) is 11.7 Å². The van der Waals surface area contributed by atoms with Crippen molar-refractivity contribution in [3.8, 4) is 0 Å². The SMILES string of the molecule is CC1(C)CC(N)C2CSCCC2O1. The van der Waals surface area contributed by atoms with Crippen LogP contribution in [0.5, 0.6) is 0 Å². The molecule has 3 atom stereocenters. The first kappa shape index (κ1) is 9.81. The van der Waals surface area contributed by atoms with Gasteiger partial charge in [-0.3, -0.25) is 0 Å². The van der Waals surface area contributed by atoms with Gasteiger partial charge >= 0.3 is 0 Å². The van der Waals surface area contributed by atoms with Crippen molar-refractivity contribution in [2.45, 2.75) is 44.4 Å². The molecule has 2 fully saturated rings. The van der Waals surface area contributed by atoms with Crippen LogP contribution in [0.15, 0.2) is 0 Å². The quantitative estimate of drug-likeness (QED) is 0.647. The highest BCUT2D eigenvalue weighted by atomic mass is 32.2. The molecule has 0 saturated carbocycles. The lowest BCUT2D eigenvalue weighted by atomic mass is 9.82. The number of ether oxygens (including phenoxy) is 1. The highest BCUT2D eigenvalue weighted by Crippen LogP contribution is 2.37. The van der Waals surface area contributed by atoms with E-state index in [0.717, 1.165) is 6.42 Å². The number of hydrogen-bond donors (Lipinski definition) is 1. The van der Waals surface area contributed by atoms with Crippen molar-refractivity contribution < 1.29 is 4.74 Å². The maximum absolute atomic E-state index is 6.17. The Kier molecular flexibility index (Phi) is 2.60. The van der Waals surface area contributed by atoms with E-state index in [4.69, 9.17) is 10.5 Å². The monoisotopic (exact) mass is 201 g/mol. The summed E-state index contributed by atoms with van der Waals surface area (Å²) in [6.45, 7) is 4.32. The topological polar surface area (TPSA) is 35.2 Å². The van der Waals surface area contributed by atoms with Crippen LogP contribution in [0.4, 0.5) is 0 Å². The summed E-state index contributed by atoms with van der Waals surface area (Å²) < 4.78 is 6.05. The Bertz CT molecular complexity index is 195. The fraction of sp³-hybridized carbons (Fsp3) is 1.00. The molecule has 2 aliphatic heterocycles. The van der Waals surface area contributed by atoms with Gasteiger partial charge in [0.25, 0.3) is 0 Å². The van der Waals surface area contributed by atoms with Gasteiger partial charge in [0.2, 0.25) is 0 Å². The van der Waals surface area contributed by atoms with Gasteiger partial charge in [-0.25, -0.2) is 0 Å². The summed E-state index contributed by atoms with van der Waals surface area (Å²) in [5.41, 5.74) is 6.17. The molecule has 3 heteroatoms. The fourth-order valence-corrected chi connectivity index (χ4v) is 3.76. The first-order valence-corrected chi connectivity index (χ1v) is 6.25. The molecule has 2 nitrogen and oxygen atoms in total. The predicted octanol–water partition coefficient (Wildman–Crippen LogP) is 1.63. The summed E-state index contributed by atoms with van der Waals surface area (Å²) in [6, 6.07) is 0.349. The molecule has 0 amide bonds. The summed E-state index contributed by atoms with van der Waals surface area (Å²) >= 11 is 2.02. The van der Waals surface area contributed by atoms with Gasteiger partial charge in [-0.15, -0.1) is 0 Å². The minimum atomic E-state index is 0.00257. The normalized spacial score (nSPS) is 44.1. The van der Waals surface area contributed by atoms with Gasteiger partial charge in [0.1, 0.15) is 0 Å². The average molecular weight is 201 g/mol. The lowest BCUT2D eigenvalue weighted by molar-refractivity contribution is -0.138. The molecule has 2 heterocycles. The fourth-order valence-electron chi connectivity index (χ4n) is 2.46. The predicted molar refractivity (Wildman–Crippen MR) is 57.0 cm³/mol. The standard InChI is InChI=1S/C10H19NOS/c1-10(2)5-8(11)7-6-13-4-3-9(7)12-10/h7-9H,3-6,11H2,1-2H3. The molecule has 0 aliphatic carbocycles. The van der Waals surface area contributed by atoms with Crippen LogP contribution in [0, 0.1) is 5.92 Å². The van der Waals surface area contributed by atoms with E-state index in [0.29, 0.717) is 18.1 Å². The molecule has 0 aromatic carbocycles. The zero-order valence-electron chi connectivity index (χ0n) is 8.45. The van der Waals surface area contributed by atoms with Crippen molar-refractivity contribution >= 4 is 11.8 Å². The van der Waals surface area contributed by atoms with Crippen molar-refractivity contribution in [3.63, 3.8) is 0 Å². The summed E-state index contributed by atoms with van der Waals surface area (Å²) in [5.74, 6) is 3.04. The van der Waals surface area contributed by atoms with E-state index in [1.807, 2.05) is 11.8 Å². The van der Waals surface area contributed by atoms with Gasteiger partial charge in [0.15, 0.2) is 0 Å². The van der Waals surface area contributed by atoms with E-state index in [-0.39, 0.29) is 5.60 Å². The van der Waals surface area contributed by atoms with Crippen molar-refractivity contribution in [3.05, 3.63) is 0 Å². The molecule has 0 spiro atoms. The van der Waals surface area contributed by atoms with Gasteiger partial charge in [-0.05, 0) is 32.4 Å². The lowest BCUT2D eigenvalue weighted by Crippen LogP contribution is -2.54. The number of nitrogens with two attached hydrogens (primary N) is 1. The molecule has 2 N–H and O–H groups in total. The second-order valence-corrected chi connectivity index (χ2v) is 5.96. The van der Waals surface area contributed by atoms with Crippen LogP contribution in [-0.4, -0.2) is 29.3 Å². The number of fused-ring (bicyclic) bond motifs is 1. The van der Waals surface area contributed by atoms with E-state index in [1.54, 1.807) is 0 Å². The van der Waals surface area contributed by atoms with Crippen molar-refractivity contribution in [2.75, 3.05) is 11.5 Å². The van der Waals surface area contributed by atoms with E-state index >= 15 is 0 Å². The lowest BCUT2D eigenvalue weighted by Gasteiger charge is -2.46. The third-order valence-corrected chi connectivity index (χ3v) is 4.23. The molecule has 0 bridgehead atoms. The molecule has 2 rings (SSSR count). The smallest absolute Gasteiger partial charge is 0.0645 e. The second-order valence-electron chi connectivity index (χ2n) is 4.81. The van der Waals surface area contributed by atoms with Gasteiger partial charge in [-0.2, -0.15) is 11.8 Å². The van der Waals surface area contributed by atoms with E-state index < -0.39 is 0 Å². The maximum Gasteiger partial charge on any atom is 0.0645 e. The van der Waals surface area contributed by atoms with Gasteiger partial charge in [0.05, 0.1) is 11.7 Å². The second kappa shape index (κ2) is 3.44. The highest BCUT2D eigenvalue weighted by molar-refractivity contribution is 7.99. The zero-order chi connectivity index (χ0) is 9.47. The first-order valence-electron chi connectivity index (χ1n) is 5.10. The van der Waals surface area contributed by atoms with Crippen LogP contribution < -0.4 is 5.73 Å². The van der Waals surface area contributed by atoms with Crippen molar-refractivity contribution in [1.29, 1.82) is 0 Å². The Balaban J connectivity index is 2.07. The Morgan fingerprint density at radius 2 is 2.23 bits per heavy atom. The molecule has 0 aromatic heterocycles. The average Bonchev–Trinajstić information content (AvgIpc) is 2.02. The summed E-state index contributed by atoms with van der Waals surface area (Å²) in [6.07, 6.45) is 2.63. The summed E-state index contributed by atoms with van der Waals surface area (Å²) in [5, 5.41) is 0. The first-order chi connectivity index (χ1) is 6.08. The maximum atomic E-state index is 6.17. The van der Waals surface area contributed by atoms with Gasteiger partial charge in [-0.1, -0.05) is 0 Å². The number of thioether (sulfide) groups is 1. The highest BCUT2D eigenvalue weighted by Gasteiger charge is 2.41. The zero-order valence-corrected chi connectivity index (χ0v) is 9.27. The number of hydrogen-bond acceptors (Lipinski definition) is 3. The van der Waals surface area contributed by atoms with Crippen LogP contribution in [0.1, 0.15) is 26.7 Å². The molecule has 76 valence electrons. The van der Waals surface area contributed by atoms with Crippen LogP contribution in [0.25, 0.3) is 0 Å². The Morgan fingerprint density at radius 1 is 1.46 bits per heavy atom. The van der Waals surface area contributed by atoms with Crippen LogP contribution in [0.2, 0.25) is 0 Å². The molecule has 2 aliphatic rings. The van der Waals surface area contributed by atoms with Gasteiger partial charge < -0.3 is 10.5 Å². The third-order valence-electron chi connectivity index (χ3n) is 3.08. The largest absolute Gasteiger partial charge is 0.372 e. The Labute approximate surface area is 84.6 Å². The minimum absolute atomic E-state index is 0.00257. The summed E-state index contributed by atoms with van der Waals surface area (Å²) in [4.78, 5) is 0. The molecular weight excluding hydrogens is 182 g/mol. The third kappa shape index (κ3) is 2.03. The molecule has 0 radical (unpaired) electrons. The van der Waals surface area contributed by atoms with Crippen LogP contribution >= 0.6 is 11.8 Å².